The van der Waals surface area contributed by atoms with Gasteiger partial charge in [0.25, 0.3) is 23.6 Å². The third-order valence-corrected chi connectivity index (χ3v) is 23.8. The summed E-state index contributed by atoms with van der Waals surface area (Å²) in [6.45, 7) is 19.9. The van der Waals surface area contributed by atoms with Crippen LogP contribution in [0.4, 0.5) is 9.59 Å². The molecule has 33 nitrogen and oxygen atoms in total. The van der Waals surface area contributed by atoms with Gasteiger partial charge in [0.15, 0.2) is 11.3 Å². The van der Waals surface area contributed by atoms with Crippen LogP contribution in [0.2, 0.25) is 0 Å². The van der Waals surface area contributed by atoms with Crippen molar-refractivity contribution >= 4 is 170 Å². The second kappa shape index (κ2) is 41.2. The van der Waals surface area contributed by atoms with Crippen LogP contribution in [0.3, 0.4) is 0 Å². The number of halogens is 3. The zero-order chi connectivity index (χ0) is 96.5. The van der Waals surface area contributed by atoms with Gasteiger partial charge in [-0.15, -0.1) is 12.3 Å². The molecule has 0 bridgehead atoms. The lowest BCUT2D eigenvalue weighted by atomic mass is 9.82. The number of ketones is 1. The van der Waals surface area contributed by atoms with Crippen molar-refractivity contribution in [3.8, 4) is 68.7 Å². The van der Waals surface area contributed by atoms with Gasteiger partial charge in [-0.05, 0) is 216 Å². The van der Waals surface area contributed by atoms with E-state index in [4.69, 9.17) is 25.2 Å². The molecule has 0 aliphatic carbocycles. The maximum atomic E-state index is 12.7. The minimum Gasteiger partial charge on any atom is -0.443 e. The number of carbonyl (C=O) groups is 7. The second-order valence-corrected chi connectivity index (χ2v) is 37.9. The van der Waals surface area contributed by atoms with Crippen molar-refractivity contribution < 1.29 is 52.3 Å². The molecule has 1 fully saturated rings. The van der Waals surface area contributed by atoms with Gasteiger partial charge in [0.2, 0.25) is 5.78 Å². The molecule has 0 saturated carbocycles. The minimum atomic E-state index is -0.547. The Bertz CT molecular complexity index is 7200. The van der Waals surface area contributed by atoms with E-state index in [1.165, 1.54) is 18.9 Å². The van der Waals surface area contributed by atoms with Crippen LogP contribution >= 0.6 is 61.1 Å². The highest BCUT2D eigenvalue weighted by Crippen LogP contribution is 2.38. The third kappa shape index (κ3) is 23.0. The van der Waals surface area contributed by atoms with E-state index in [0.717, 1.165) is 94.4 Å². The molecule has 0 atom stereocenters. The number of hydrogen-bond acceptors (Lipinski definition) is 21. The quantitative estimate of drug-likeness (QED) is 0.0194. The Balaban J connectivity index is 0.000000130. The molecule has 3 aliphatic rings. The molecular formula is C98H96BBrI2N22O11. The zero-order valence-electron chi connectivity index (χ0n) is 76.7. The van der Waals surface area contributed by atoms with E-state index in [1.807, 2.05) is 197 Å². The Morgan fingerprint density at radius 1 is 0.467 bits per heavy atom. The summed E-state index contributed by atoms with van der Waals surface area (Å²) in [6, 6.07) is 27.7. The van der Waals surface area contributed by atoms with Crippen molar-refractivity contribution in [1.29, 1.82) is 0 Å². The van der Waals surface area contributed by atoms with Crippen LogP contribution in [0, 0.1) is 31.3 Å². The lowest BCUT2D eigenvalue weighted by molar-refractivity contribution is 0.00578. The lowest BCUT2D eigenvalue weighted by Crippen LogP contribution is -2.41. The number of unbranched alkanes of at least 4 members (excludes halogenated alkanes) is 2. The van der Waals surface area contributed by atoms with E-state index in [2.05, 4.69) is 150 Å². The van der Waals surface area contributed by atoms with Crippen molar-refractivity contribution in [1.82, 2.24) is 108 Å². The number of Topliss-reactive ketones (excluding diaryl/α,β-unsaturated/α-hetero) is 1. The van der Waals surface area contributed by atoms with Gasteiger partial charge in [-0.3, -0.25) is 57.2 Å². The van der Waals surface area contributed by atoms with Crippen LogP contribution in [0.15, 0.2) is 219 Å². The Labute approximate surface area is 813 Å². The molecule has 20 rings (SSSR count). The van der Waals surface area contributed by atoms with Crippen molar-refractivity contribution in [2.24, 2.45) is 35.2 Å². The molecule has 15 aromatic heterocycles. The monoisotopic (exact) mass is 2100 g/mol. The topological polar surface area (TPSA) is 374 Å². The summed E-state index contributed by atoms with van der Waals surface area (Å²) in [5, 5.41) is 25.6. The van der Waals surface area contributed by atoms with Crippen LogP contribution in [0.25, 0.3) is 99.7 Å². The molecule has 4 amide bonds. The van der Waals surface area contributed by atoms with Crippen LogP contribution in [-0.4, -0.2) is 192 Å². The number of hydrogen-bond donors (Lipinski definition) is 3. The molecule has 3 N–H and O–H groups in total. The number of pyridine rings is 5. The Hall–Kier alpha value is -14.1. The van der Waals surface area contributed by atoms with Crippen molar-refractivity contribution in [2.75, 3.05) is 13.1 Å². The Kier molecular flexibility index (Phi) is 29.5. The van der Waals surface area contributed by atoms with Crippen LogP contribution in [-0.2, 0) is 54.0 Å². The van der Waals surface area contributed by atoms with Gasteiger partial charge < -0.3 is 33.7 Å². The first-order valence-electron chi connectivity index (χ1n) is 42.7. The Morgan fingerprint density at radius 3 is 1.24 bits per heavy atom. The number of imide groups is 2. The molecule has 0 spiro atoms. The highest BCUT2D eigenvalue weighted by molar-refractivity contribution is 14.1. The van der Waals surface area contributed by atoms with Gasteiger partial charge in [0, 0.05) is 249 Å². The van der Waals surface area contributed by atoms with E-state index in [1.54, 1.807) is 140 Å². The molecular weight excluding hydrogens is 2010 g/mol. The number of aryl methyl sites for hydroxylation is 5. The van der Waals surface area contributed by atoms with E-state index in [0.29, 0.717) is 82.4 Å². The highest BCUT2D eigenvalue weighted by atomic mass is 127. The molecule has 3 aliphatic heterocycles. The number of H-pyrrole nitrogens is 3. The molecule has 0 radical (unpaired) electrons. The summed E-state index contributed by atoms with van der Waals surface area (Å²) in [6.07, 6.45) is 42.7. The number of terminal acetylenes is 1. The predicted molar refractivity (Wildman–Crippen MR) is 535 cm³/mol. The van der Waals surface area contributed by atoms with Gasteiger partial charge in [-0.1, -0.05) is 30.2 Å². The Morgan fingerprint density at radius 2 is 0.844 bits per heavy atom. The number of fused-ring (bicyclic) bond motifs is 7. The standard InChI is InChI=1S/C25H19N5O3.2C16H17IN4O2.C13H11NO2.C11H10N4.C10H17BN2O2.C7H5BrN2/c1-29-15-17(13-28-29)16-11-20-21(14-27-23(20)26-12-16)22(31)9-3-2-6-10-30-24(32)18-7-4-5-8-19(18)25(30)33;2*1-16(2,3)23-15(22)21-9-13(17)12-5-10(6-18-14(12)21)11-7-19-20(4)8-11;1-2-3-6-9-14-12(15)10-7-4-5-8-11(10)13(14)16;1-15-7-10(6-14-15)9-4-8-2-3-12-11(8)13-5-9;1-9(2)10(3,4)15-11(14-9)8-6-12-13(5)7-8;8-6-3-5-1-2-9-7(5)10-4-6/h4-5,7-8,11-15H,2,6,10H2,1H3,(H,26,27);2*5-9H,1-4H3;1,4-5,7-8H,3,6,9H2;2-7H,1H3,(H,12,13);6-7H,1-5H3;1-4H,(H,9,10). The molecule has 0 unspecified atom stereocenters. The fourth-order valence-electron chi connectivity index (χ4n) is 14.3. The number of carbonyl (C=O) groups excluding carboxylic acids is 7. The number of nitrogens with one attached hydrogen (secondary N) is 3. The smallest absolute Gasteiger partial charge is 0.443 e. The van der Waals surface area contributed by atoms with Crippen LogP contribution in [0.1, 0.15) is 147 Å². The van der Waals surface area contributed by atoms with E-state index < -0.39 is 23.4 Å². The van der Waals surface area contributed by atoms with Gasteiger partial charge >= 0.3 is 19.3 Å². The van der Waals surface area contributed by atoms with Gasteiger partial charge in [0.1, 0.15) is 28.1 Å². The fourth-order valence-corrected chi connectivity index (χ4v) is 16.0. The summed E-state index contributed by atoms with van der Waals surface area (Å²) in [4.78, 5) is 119. The molecule has 2 aromatic carbocycles. The average Bonchev–Trinajstić information content (AvgIpc) is 1.64. The SMILES string of the molecule is Brc1cnc2[nH]ccc2c1.C#CCCCN1C(=O)c2ccccc2C1=O.Cn1cc(-c2cnc3[nH]cc(C(=O)C#CCCCN4C(=O)c5ccccc5C4=O)c3c2)cn1.Cn1cc(-c2cnc3[nH]ccc3c2)cn1.Cn1cc(-c2cnc3c(c2)c(I)cn3C(=O)OC(C)(C)C)cn1.Cn1cc(-c2cnc3c(c2)c(I)cn3C(=O)OC(C)(C)C)cn1.Cn1cc(B2OC(C)(C)C(C)(C)O2)cn1. The van der Waals surface area contributed by atoms with Crippen molar-refractivity contribution in [2.45, 2.75) is 117 Å². The highest BCUT2D eigenvalue weighted by Gasteiger charge is 2.52. The van der Waals surface area contributed by atoms with Crippen molar-refractivity contribution in [3.05, 3.63) is 254 Å². The van der Waals surface area contributed by atoms with Crippen molar-refractivity contribution in [3.63, 3.8) is 0 Å². The normalized spacial score (nSPS) is 13.4. The number of nitrogens with zero attached hydrogens (tertiary/aromatic N) is 19. The van der Waals surface area contributed by atoms with Gasteiger partial charge in [-0.2, -0.15) is 25.5 Å². The summed E-state index contributed by atoms with van der Waals surface area (Å²) in [7, 11) is 9.07. The van der Waals surface area contributed by atoms with Crippen LogP contribution < -0.4 is 5.46 Å². The van der Waals surface area contributed by atoms with Gasteiger partial charge in [-0.25, -0.2) is 43.6 Å². The first kappa shape index (κ1) is 96.9. The number of aromatic amines is 3. The number of ether oxygens (including phenoxy) is 2. The lowest BCUT2D eigenvalue weighted by Gasteiger charge is -2.32. The largest absolute Gasteiger partial charge is 0.498 e. The third-order valence-electron chi connectivity index (χ3n) is 21.7. The molecule has 17 aromatic rings. The summed E-state index contributed by atoms with van der Waals surface area (Å²) < 4.78 is 37.2. The molecule has 37 heteroatoms. The van der Waals surface area contributed by atoms with E-state index in [-0.39, 0.29) is 54.3 Å². The summed E-state index contributed by atoms with van der Waals surface area (Å²) in [5.41, 5.74) is 13.1. The number of rotatable bonds is 12. The predicted octanol–water partition coefficient (Wildman–Crippen LogP) is 17.6. The van der Waals surface area contributed by atoms with E-state index in [9.17, 15) is 33.6 Å². The second-order valence-electron chi connectivity index (χ2n) is 34.7. The maximum Gasteiger partial charge on any atom is 0.498 e. The molecule has 688 valence electrons. The first-order chi connectivity index (χ1) is 64.3. The summed E-state index contributed by atoms with van der Waals surface area (Å²) >= 11 is 7.74. The average molecular weight is 2100 g/mol. The first-order valence-corrected chi connectivity index (χ1v) is 45.7. The van der Waals surface area contributed by atoms with Crippen LogP contribution in [0.5, 0.6) is 0 Å². The molecule has 1 saturated heterocycles. The number of aromatic nitrogens is 20. The fraction of sp³-hybridized carbons (Fsp3) is 0.255. The number of amides is 4. The summed E-state index contributed by atoms with van der Waals surface area (Å²) in [5.74, 6) is 6.73. The minimum absolute atomic E-state index is 0.211. The molecule has 135 heavy (non-hydrogen) atoms. The van der Waals surface area contributed by atoms with E-state index >= 15 is 0 Å². The zero-order valence-corrected chi connectivity index (χ0v) is 82.6. The van der Waals surface area contributed by atoms with Gasteiger partial charge in [0.05, 0.1) is 63.8 Å². The number of benzene rings is 2. The molecule has 18 heterocycles. The maximum absolute atomic E-state index is 12.7.